The number of piperidine rings is 1. The second kappa shape index (κ2) is 6.66. The molecule has 1 fully saturated rings. The lowest BCUT2D eigenvalue weighted by Gasteiger charge is -2.32. The van der Waals surface area contributed by atoms with Gasteiger partial charge in [-0.1, -0.05) is 0 Å². The van der Waals surface area contributed by atoms with Crippen molar-refractivity contribution in [3.8, 4) is 5.75 Å². The maximum absolute atomic E-state index is 12.4. The van der Waals surface area contributed by atoms with Crippen LogP contribution in [0.25, 0.3) is 0 Å². The molecule has 21 heavy (non-hydrogen) atoms. The Morgan fingerprint density at radius 2 is 1.81 bits per heavy atom. The predicted molar refractivity (Wildman–Crippen MR) is 75.1 cm³/mol. The second-order valence-electron chi connectivity index (χ2n) is 5.64. The van der Waals surface area contributed by atoms with Crippen molar-refractivity contribution in [2.45, 2.75) is 25.1 Å². The van der Waals surface area contributed by atoms with Crippen LogP contribution in [0.2, 0.25) is 0 Å². The summed E-state index contributed by atoms with van der Waals surface area (Å²) in [4.78, 5) is 2.26. The van der Waals surface area contributed by atoms with Crippen molar-refractivity contribution in [3.63, 3.8) is 0 Å². The molecule has 1 atom stereocenters. The fraction of sp³-hybridized carbons (Fsp3) is 0.600. The first kappa shape index (κ1) is 16.1. The standard InChI is InChI=1S/C15H21F3N2O/c1-20-8-6-11(7-9-20)14(19)10-21-13-4-2-12(3-5-13)15(16,17)18/h2-5,11,14H,6-10,19H2,1H3. The molecular weight excluding hydrogens is 281 g/mol. The molecule has 6 heteroatoms. The summed E-state index contributed by atoms with van der Waals surface area (Å²) in [6.07, 6.45) is -2.24. The first-order valence-corrected chi connectivity index (χ1v) is 7.10. The summed E-state index contributed by atoms with van der Waals surface area (Å²) in [7, 11) is 2.08. The van der Waals surface area contributed by atoms with Crippen molar-refractivity contribution in [3.05, 3.63) is 29.8 Å². The van der Waals surface area contributed by atoms with Crippen LogP contribution in [0.15, 0.2) is 24.3 Å². The largest absolute Gasteiger partial charge is 0.492 e. The van der Waals surface area contributed by atoms with Gasteiger partial charge in [0.1, 0.15) is 12.4 Å². The van der Waals surface area contributed by atoms with E-state index in [1.54, 1.807) is 0 Å². The third-order valence-electron chi connectivity index (χ3n) is 3.99. The number of alkyl halides is 3. The fourth-order valence-electron chi connectivity index (χ4n) is 2.53. The van der Waals surface area contributed by atoms with Crippen LogP contribution in [0.3, 0.4) is 0 Å². The van der Waals surface area contributed by atoms with Crippen molar-refractivity contribution in [2.24, 2.45) is 11.7 Å². The van der Waals surface area contributed by atoms with Gasteiger partial charge in [0, 0.05) is 6.04 Å². The molecule has 1 heterocycles. The molecule has 0 saturated carbocycles. The lowest BCUT2D eigenvalue weighted by atomic mass is 9.90. The van der Waals surface area contributed by atoms with Gasteiger partial charge in [0.05, 0.1) is 5.56 Å². The van der Waals surface area contributed by atoms with Crippen LogP contribution in [0, 0.1) is 5.92 Å². The Bertz CT molecular complexity index is 439. The summed E-state index contributed by atoms with van der Waals surface area (Å²) in [5.74, 6) is 0.835. The Labute approximate surface area is 122 Å². The average Bonchev–Trinajstić information content (AvgIpc) is 2.45. The molecule has 1 aliphatic rings. The summed E-state index contributed by atoms with van der Waals surface area (Å²) >= 11 is 0. The van der Waals surface area contributed by atoms with Crippen LogP contribution < -0.4 is 10.5 Å². The van der Waals surface area contributed by atoms with Crippen LogP contribution >= 0.6 is 0 Å². The molecule has 2 rings (SSSR count). The van der Waals surface area contributed by atoms with Crippen molar-refractivity contribution >= 4 is 0 Å². The highest BCUT2D eigenvalue weighted by Crippen LogP contribution is 2.30. The van der Waals surface area contributed by atoms with Crippen LogP contribution in [-0.4, -0.2) is 37.7 Å². The molecule has 0 spiro atoms. The Kier molecular flexibility index (Phi) is 5.11. The van der Waals surface area contributed by atoms with Gasteiger partial charge in [0.15, 0.2) is 0 Å². The SMILES string of the molecule is CN1CCC(C(N)COc2ccc(C(F)(F)F)cc2)CC1. The molecule has 0 bridgehead atoms. The number of nitrogens with zero attached hydrogens (tertiary/aromatic N) is 1. The highest BCUT2D eigenvalue weighted by Gasteiger charge is 2.30. The molecule has 0 radical (unpaired) electrons. The molecule has 0 aliphatic carbocycles. The van der Waals surface area contributed by atoms with Crippen LogP contribution in [-0.2, 0) is 6.18 Å². The summed E-state index contributed by atoms with van der Waals surface area (Å²) in [6, 6.07) is 4.64. The molecule has 1 unspecified atom stereocenters. The number of ether oxygens (including phenoxy) is 1. The first-order valence-electron chi connectivity index (χ1n) is 7.10. The normalized spacial score (nSPS) is 19.5. The van der Waals surface area contributed by atoms with Crippen LogP contribution in [0.4, 0.5) is 13.2 Å². The lowest BCUT2D eigenvalue weighted by Crippen LogP contribution is -2.42. The van der Waals surface area contributed by atoms with E-state index in [0.29, 0.717) is 18.3 Å². The van der Waals surface area contributed by atoms with Gasteiger partial charge in [0.25, 0.3) is 0 Å². The lowest BCUT2D eigenvalue weighted by molar-refractivity contribution is -0.137. The summed E-state index contributed by atoms with van der Waals surface area (Å²) < 4.78 is 42.8. The van der Waals surface area contributed by atoms with E-state index in [9.17, 15) is 13.2 Å². The van der Waals surface area contributed by atoms with E-state index < -0.39 is 11.7 Å². The second-order valence-corrected chi connectivity index (χ2v) is 5.64. The van der Waals surface area contributed by atoms with Crippen molar-refractivity contribution in [1.29, 1.82) is 0 Å². The Hall–Kier alpha value is -1.27. The smallest absolute Gasteiger partial charge is 0.416 e. The molecule has 1 saturated heterocycles. The molecular formula is C15H21F3N2O. The molecule has 2 N–H and O–H groups in total. The van der Waals surface area contributed by atoms with Gasteiger partial charge >= 0.3 is 6.18 Å². The minimum atomic E-state index is -4.32. The van der Waals surface area contributed by atoms with E-state index in [1.165, 1.54) is 12.1 Å². The zero-order valence-corrected chi connectivity index (χ0v) is 12.1. The number of hydrogen-bond donors (Lipinski definition) is 1. The monoisotopic (exact) mass is 302 g/mol. The van der Waals surface area contributed by atoms with Gasteiger partial charge < -0.3 is 15.4 Å². The van der Waals surface area contributed by atoms with E-state index in [1.807, 2.05) is 0 Å². The van der Waals surface area contributed by atoms with E-state index in [0.717, 1.165) is 38.1 Å². The van der Waals surface area contributed by atoms with E-state index >= 15 is 0 Å². The number of rotatable bonds is 4. The van der Waals surface area contributed by atoms with Gasteiger partial charge in [-0.3, -0.25) is 0 Å². The zero-order chi connectivity index (χ0) is 15.5. The average molecular weight is 302 g/mol. The van der Waals surface area contributed by atoms with Crippen LogP contribution in [0.1, 0.15) is 18.4 Å². The molecule has 0 amide bonds. The zero-order valence-electron chi connectivity index (χ0n) is 12.1. The molecule has 1 aliphatic heterocycles. The Balaban J connectivity index is 1.82. The Morgan fingerprint density at radius 1 is 1.24 bits per heavy atom. The fourth-order valence-corrected chi connectivity index (χ4v) is 2.53. The number of halogens is 3. The molecule has 1 aromatic rings. The molecule has 3 nitrogen and oxygen atoms in total. The van der Waals surface area contributed by atoms with E-state index in [2.05, 4.69) is 11.9 Å². The maximum Gasteiger partial charge on any atom is 0.416 e. The van der Waals surface area contributed by atoms with E-state index in [-0.39, 0.29) is 6.04 Å². The predicted octanol–water partition coefficient (Wildman–Crippen LogP) is 2.75. The highest BCUT2D eigenvalue weighted by atomic mass is 19.4. The number of benzene rings is 1. The number of nitrogens with two attached hydrogens (primary N) is 1. The Morgan fingerprint density at radius 3 is 2.33 bits per heavy atom. The molecule has 118 valence electrons. The summed E-state index contributed by atoms with van der Waals surface area (Å²) in [5.41, 5.74) is 5.45. The van der Waals surface area contributed by atoms with Crippen LogP contribution in [0.5, 0.6) is 5.75 Å². The number of hydrogen-bond acceptors (Lipinski definition) is 3. The van der Waals surface area contributed by atoms with Gasteiger partial charge in [-0.05, 0) is 63.2 Å². The topological polar surface area (TPSA) is 38.5 Å². The van der Waals surface area contributed by atoms with Gasteiger partial charge in [-0.25, -0.2) is 0 Å². The maximum atomic E-state index is 12.4. The van der Waals surface area contributed by atoms with Gasteiger partial charge in [0.2, 0.25) is 0 Å². The van der Waals surface area contributed by atoms with Gasteiger partial charge in [-0.2, -0.15) is 13.2 Å². The minimum absolute atomic E-state index is 0.0824. The minimum Gasteiger partial charge on any atom is -0.492 e. The molecule has 1 aromatic carbocycles. The summed E-state index contributed by atoms with van der Waals surface area (Å²) in [6.45, 7) is 2.39. The van der Waals surface area contributed by atoms with Crippen molar-refractivity contribution in [1.82, 2.24) is 4.90 Å². The third-order valence-corrected chi connectivity index (χ3v) is 3.99. The third kappa shape index (κ3) is 4.61. The van der Waals surface area contributed by atoms with E-state index in [4.69, 9.17) is 10.5 Å². The molecule has 0 aromatic heterocycles. The first-order chi connectivity index (χ1) is 9.86. The van der Waals surface area contributed by atoms with Crippen molar-refractivity contribution in [2.75, 3.05) is 26.7 Å². The van der Waals surface area contributed by atoms with Gasteiger partial charge in [-0.15, -0.1) is 0 Å². The summed E-state index contributed by atoms with van der Waals surface area (Å²) in [5, 5.41) is 0. The highest BCUT2D eigenvalue weighted by molar-refractivity contribution is 5.28. The van der Waals surface area contributed by atoms with Crippen molar-refractivity contribution < 1.29 is 17.9 Å². The number of likely N-dealkylation sites (tertiary alicyclic amines) is 1. The quantitative estimate of drug-likeness (QED) is 0.929.